The number of hydrogen-bond donors (Lipinski definition) is 1. The standard InChI is InChI=1S/C21H21F6N3O/c1-14(19(31)28-17-7-5-15(6-8-17)20(22,23)24)29-9-11-30(12-10-29)18-4-2-3-16(13-18)21(25,26)27/h2-8,13-14H,9-12H2,1H3,(H,28,31)/t14-/m1/s1. The van der Waals surface area contributed by atoms with Crippen molar-refractivity contribution in [3.8, 4) is 0 Å². The SMILES string of the molecule is C[C@H](C(=O)Nc1ccc(C(F)(F)F)cc1)N1CCN(c2cccc(C(F)(F)F)c2)CC1. The van der Waals surface area contributed by atoms with Crippen LogP contribution in [0.5, 0.6) is 0 Å². The van der Waals surface area contributed by atoms with Crippen LogP contribution in [0.2, 0.25) is 0 Å². The second-order valence-corrected chi connectivity index (χ2v) is 7.31. The van der Waals surface area contributed by atoms with E-state index in [0.717, 1.165) is 24.3 Å². The van der Waals surface area contributed by atoms with Gasteiger partial charge in [0.25, 0.3) is 0 Å². The zero-order valence-electron chi connectivity index (χ0n) is 16.6. The van der Waals surface area contributed by atoms with Crippen molar-refractivity contribution in [2.75, 3.05) is 36.4 Å². The summed E-state index contributed by atoms with van der Waals surface area (Å²) in [6.45, 7) is 3.48. The number of alkyl halides is 6. The first kappa shape index (κ1) is 22.9. The minimum absolute atomic E-state index is 0.257. The van der Waals surface area contributed by atoms with E-state index >= 15 is 0 Å². The van der Waals surface area contributed by atoms with Crippen molar-refractivity contribution in [2.24, 2.45) is 0 Å². The first-order valence-electron chi connectivity index (χ1n) is 9.59. The molecule has 168 valence electrons. The number of benzene rings is 2. The van der Waals surface area contributed by atoms with Crippen LogP contribution in [0.15, 0.2) is 48.5 Å². The number of carbonyl (C=O) groups is 1. The Hall–Kier alpha value is -2.75. The predicted octanol–water partition coefficient (Wildman–Crippen LogP) is 4.87. The zero-order valence-corrected chi connectivity index (χ0v) is 16.6. The number of hydrogen-bond acceptors (Lipinski definition) is 3. The van der Waals surface area contributed by atoms with Crippen molar-refractivity contribution < 1.29 is 31.1 Å². The normalized spacial score (nSPS) is 16.8. The van der Waals surface area contributed by atoms with Gasteiger partial charge in [0.2, 0.25) is 5.91 Å². The summed E-state index contributed by atoms with van der Waals surface area (Å²) in [7, 11) is 0. The maximum absolute atomic E-state index is 12.9. The number of piperazine rings is 1. The molecule has 4 nitrogen and oxygen atoms in total. The van der Waals surface area contributed by atoms with E-state index in [4.69, 9.17) is 0 Å². The van der Waals surface area contributed by atoms with Gasteiger partial charge in [-0.2, -0.15) is 26.3 Å². The highest BCUT2D eigenvalue weighted by Gasteiger charge is 2.32. The van der Waals surface area contributed by atoms with Crippen LogP contribution in [-0.4, -0.2) is 43.0 Å². The third kappa shape index (κ3) is 5.69. The van der Waals surface area contributed by atoms with Crippen molar-refractivity contribution in [3.05, 3.63) is 59.7 Å². The Bertz CT molecular complexity index is 903. The van der Waals surface area contributed by atoms with Gasteiger partial charge < -0.3 is 10.2 Å². The maximum atomic E-state index is 12.9. The Labute approximate surface area is 175 Å². The van der Waals surface area contributed by atoms with E-state index in [2.05, 4.69) is 5.32 Å². The summed E-state index contributed by atoms with van der Waals surface area (Å²) in [5.74, 6) is -0.368. The molecule has 1 heterocycles. The molecule has 0 aliphatic carbocycles. The lowest BCUT2D eigenvalue weighted by Crippen LogP contribution is -2.52. The fraction of sp³-hybridized carbons (Fsp3) is 0.381. The molecule has 2 aromatic carbocycles. The summed E-state index contributed by atoms with van der Waals surface area (Å²) in [5.41, 5.74) is -0.787. The van der Waals surface area contributed by atoms with Crippen molar-refractivity contribution in [1.29, 1.82) is 0 Å². The Morgan fingerprint density at radius 1 is 0.871 bits per heavy atom. The third-order valence-electron chi connectivity index (χ3n) is 5.26. The molecule has 1 atom stereocenters. The van der Waals surface area contributed by atoms with Crippen LogP contribution in [0.1, 0.15) is 18.1 Å². The highest BCUT2D eigenvalue weighted by Crippen LogP contribution is 2.32. The fourth-order valence-electron chi connectivity index (χ4n) is 3.40. The van der Waals surface area contributed by atoms with Gasteiger partial charge in [0.05, 0.1) is 17.2 Å². The molecule has 0 unspecified atom stereocenters. The van der Waals surface area contributed by atoms with Gasteiger partial charge in [-0.15, -0.1) is 0 Å². The molecule has 1 aliphatic heterocycles. The van der Waals surface area contributed by atoms with Gasteiger partial charge in [-0.05, 0) is 49.4 Å². The van der Waals surface area contributed by atoms with Crippen molar-refractivity contribution in [2.45, 2.75) is 25.3 Å². The largest absolute Gasteiger partial charge is 0.416 e. The van der Waals surface area contributed by atoms with E-state index < -0.39 is 29.5 Å². The van der Waals surface area contributed by atoms with Crippen LogP contribution < -0.4 is 10.2 Å². The van der Waals surface area contributed by atoms with E-state index in [-0.39, 0.29) is 11.6 Å². The highest BCUT2D eigenvalue weighted by atomic mass is 19.4. The first-order chi connectivity index (χ1) is 14.4. The monoisotopic (exact) mass is 445 g/mol. The second-order valence-electron chi connectivity index (χ2n) is 7.31. The van der Waals surface area contributed by atoms with Gasteiger partial charge in [0.1, 0.15) is 0 Å². The second kappa shape index (κ2) is 8.78. The molecule has 0 aromatic heterocycles. The average molecular weight is 445 g/mol. The number of nitrogens with zero attached hydrogens (tertiary/aromatic N) is 2. The summed E-state index contributed by atoms with van der Waals surface area (Å²) in [4.78, 5) is 16.2. The summed E-state index contributed by atoms with van der Waals surface area (Å²) < 4.78 is 76.7. The molecule has 1 aliphatic rings. The van der Waals surface area contributed by atoms with Gasteiger partial charge in [0, 0.05) is 37.6 Å². The van der Waals surface area contributed by atoms with Crippen LogP contribution in [-0.2, 0) is 17.1 Å². The van der Waals surface area contributed by atoms with Crippen molar-refractivity contribution in [3.63, 3.8) is 0 Å². The van der Waals surface area contributed by atoms with Crippen molar-refractivity contribution >= 4 is 17.3 Å². The van der Waals surface area contributed by atoms with Gasteiger partial charge in [-0.3, -0.25) is 9.69 Å². The molecule has 1 saturated heterocycles. The van der Waals surface area contributed by atoms with E-state index in [0.29, 0.717) is 31.9 Å². The Kier molecular flexibility index (Phi) is 6.49. The molecular weight excluding hydrogens is 424 g/mol. The molecule has 0 saturated carbocycles. The first-order valence-corrected chi connectivity index (χ1v) is 9.59. The van der Waals surface area contributed by atoms with Gasteiger partial charge in [-0.25, -0.2) is 0 Å². The molecule has 2 aromatic rings. The van der Waals surface area contributed by atoms with Crippen LogP contribution in [0.4, 0.5) is 37.7 Å². The average Bonchev–Trinajstić information content (AvgIpc) is 2.72. The number of halogens is 6. The minimum atomic E-state index is -4.45. The summed E-state index contributed by atoms with van der Waals surface area (Å²) in [6, 6.07) is 8.74. The lowest BCUT2D eigenvalue weighted by atomic mass is 10.1. The van der Waals surface area contributed by atoms with Crippen LogP contribution in [0.3, 0.4) is 0 Å². The van der Waals surface area contributed by atoms with Crippen LogP contribution in [0, 0.1) is 0 Å². The molecule has 1 amide bonds. The Morgan fingerprint density at radius 2 is 1.45 bits per heavy atom. The Balaban J connectivity index is 1.56. The Morgan fingerprint density at radius 3 is 2.00 bits per heavy atom. The molecule has 0 radical (unpaired) electrons. The number of rotatable bonds is 4. The minimum Gasteiger partial charge on any atom is -0.369 e. The quantitative estimate of drug-likeness (QED) is 0.682. The number of amides is 1. The smallest absolute Gasteiger partial charge is 0.369 e. The number of anilines is 2. The van der Waals surface area contributed by atoms with Crippen LogP contribution in [0.25, 0.3) is 0 Å². The van der Waals surface area contributed by atoms with E-state index in [1.807, 2.05) is 9.80 Å². The highest BCUT2D eigenvalue weighted by molar-refractivity contribution is 5.94. The zero-order chi connectivity index (χ0) is 22.8. The van der Waals surface area contributed by atoms with Crippen molar-refractivity contribution in [1.82, 2.24) is 4.90 Å². The fourth-order valence-corrected chi connectivity index (χ4v) is 3.40. The molecule has 1 fully saturated rings. The van der Waals surface area contributed by atoms with Gasteiger partial charge >= 0.3 is 12.4 Å². The third-order valence-corrected chi connectivity index (χ3v) is 5.26. The molecule has 3 rings (SSSR count). The van der Waals surface area contributed by atoms with E-state index in [1.54, 1.807) is 13.0 Å². The topological polar surface area (TPSA) is 35.6 Å². The summed E-state index contributed by atoms with van der Waals surface area (Å²) >= 11 is 0. The maximum Gasteiger partial charge on any atom is 0.416 e. The molecule has 10 heteroatoms. The van der Waals surface area contributed by atoms with Crippen LogP contribution >= 0.6 is 0 Å². The summed E-state index contributed by atoms with van der Waals surface area (Å²) in [5, 5.41) is 2.60. The molecule has 1 N–H and O–H groups in total. The molecule has 0 spiro atoms. The number of nitrogens with one attached hydrogen (secondary N) is 1. The summed E-state index contributed by atoms with van der Waals surface area (Å²) in [6.07, 6.45) is -8.86. The van der Waals surface area contributed by atoms with Gasteiger partial charge in [0.15, 0.2) is 0 Å². The van der Waals surface area contributed by atoms with Gasteiger partial charge in [-0.1, -0.05) is 6.07 Å². The molecule has 0 bridgehead atoms. The predicted molar refractivity (Wildman–Crippen MR) is 105 cm³/mol. The lowest BCUT2D eigenvalue weighted by Gasteiger charge is -2.38. The van der Waals surface area contributed by atoms with E-state index in [9.17, 15) is 31.1 Å². The number of carbonyl (C=O) groups excluding carboxylic acids is 1. The lowest BCUT2D eigenvalue weighted by molar-refractivity contribution is -0.138. The molecule has 31 heavy (non-hydrogen) atoms. The molecular formula is C21H21F6N3O. The van der Waals surface area contributed by atoms with E-state index in [1.165, 1.54) is 18.2 Å².